The minimum Gasteiger partial charge on any atom is -0.475 e. The monoisotopic (exact) mass is 457 g/mol. The van der Waals surface area contributed by atoms with Crippen molar-refractivity contribution < 1.29 is 13.9 Å². The van der Waals surface area contributed by atoms with Crippen LogP contribution < -0.4 is 10.1 Å². The van der Waals surface area contributed by atoms with E-state index in [-0.39, 0.29) is 24.9 Å². The van der Waals surface area contributed by atoms with Crippen molar-refractivity contribution in [2.75, 3.05) is 13.2 Å². The van der Waals surface area contributed by atoms with Gasteiger partial charge in [-0.2, -0.15) is 9.61 Å². The second kappa shape index (κ2) is 9.10. The summed E-state index contributed by atoms with van der Waals surface area (Å²) in [5.74, 6) is 0.251. The van der Waals surface area contributed by atoms with Gasteiger partial charge >= 0.3 is 0 Å². The second-order valence-electron chi connectivity index (χ2n) is 7.47. The summed E-state index contributed by atoms with van der Waals surface area (Å²) < 4.78 is 22.2. The fourth-order valence-corrected chi connectivity index (χ4v) is 3.51. The minimum absolute atomic E-state index is 0.212. The average molecular weight is 457 g/mol. The molecule has 0 saturated heterocycles. The van der Waals surface area contributed by atoms with Gasteiger partial charge in [0.2, 0.25) is 5.88 Å². The predicted octanol–water partition coefficient (Wildman–Crippen LogP) is 3.23. The molecule has 0 aliphatic heterocycles. The first-order valence-electron chi connectivity index (χ1n) is 10.6. The quantitative estimate of drug-likeness (QED) is 0.377. The number of hydrogen-bond acceptors (Lipinski definition) is 6. The first-order valence-corrected chi connectivity index (χ1v) is 10.6. The van der Waals surface area contributed by atoms with E-state index in [1.54, 1.807) is 35.1 Å². The molecule has 0 aliphatic carbocycles. The van der Waals surface area contributed by atoms with Gasteiger partial charge in [-0.25, -0.2) is 9.07 Å². The molecule has 5 rings (SSSR count). The van der Waals surface area contributed by atoms with E-state index in [9.17, 15) is 9.18 Å². The number of halogens is 1. The van der Waals surface area contributed by atoms with Crippen molar-refractivity contribution in [3.8, 4) is 23.0 Å². The van der Waals surface area contributed by atoms with Crippen LogP contribution in [0.2, 0.25) is 0 Å². The van der Waals surface area contributed by atoms with Crippen LogP contribution in [0.3, 0.4) is 0 Å². The number of nitrogens with zero attached hydrogens (tertiary/aromatic N) is 6. The molecule has 1 amide bonds. The summed E-state index contributed by atoms with van der Waals surface area (Å²) >= 11 is 0. The zero-order valence-electron chi connectivity index (χ0n) is 18.2. The number of amides is 1. The summed E-state index contributed by atoms with van der Waals surface area (Å²) in [6.07, 6.45) is 1.55. The van der Waals surface area contributed by atoms with E-state index in [1.807, 2.05) is 37.3 Å². The maximum atomic E-state index is 13.2. The van der Waals surface area contributed by atoms with Crippen LogP contribution in [0.15, 0.2) is 72.9 Å². The predicted molar refractivity (Wildman–Crippen MR) is 122 cm³/mol. The summed E-state index contributed by atoms with van der Waals surface area (Å²) in [7, 11) is 0. The molecule has 0 saturated carbocycles. The molecule has 3 aromatic heterocycles. The molecule has 5 aromatic rings. The van der Waals surface area contributed by atoms with Crippen LogP contribution in [-0.4, -0.2) is 48.7 Å². The summed E-state index contributed by atoms with van der Waals surface area (Å²) in [6, 6.07) is 18.9. The number of aromatic nitrogens is 6. The summed E-state index contributed by atoms with van der Waals surface area (Å²) in [6.45, 7) is 2.34. The number of hydrogen-bond donors (Lipinski definition) is 1. The van der Waals surface area contributed by atoms with Crippen LogP contribution in [0.4, 0.5) is 4.39 Å². The Balaban J connectivity index is 1.21. The third-order valence-corrected chi connectivity index (χ3v) is 5.23. The van der Waals surface area contributed by atoms with Crippen molar-refractivity contribution in [3.05, 3.63) is 90.0 Å². The Labute approximate surface area is 193 Å². The molecule has 0 aliphatic rings. The highest BCUT2D eigenvalue weighted by atomic mass is 19.1. The van der Waals surface area contributed by atoms with Crippen LogP contribution in [0.5, 0.6) is 5.88 Å². The third kappa shape index (κ3) is 4.20. The lowest BCUT2D eigenvalue weighted by atomic mass is 10.2. The molecular weight excluding hydrogens is 437 g/mol. The highest BCUT2D eigenvalue weighted by molar-refractivity contribution is 5.95. The summed E-state index contributed by atoms with van der Waals surface area (Å²) in [5.41, 5.74) is 3.34. The second-order valence-corrected chi connectivity index (χ2v) is 7.47. The Bertz CT molecular complexity index is 1450. The Morgan fingerprint density at radius 3 is 2.62 bits per heavy atom. The normalized spacial score (nSPS) is 11.0. The number of para-hydroxylation sites is 1. The van der Waals surface area contributed by atoms with Gasteiger partial charge in [-0.15, -0.1) is 15.3 Å². The van der Waals surface area contributed by atoms with Gasteiger partial charge in [0.15, 0.2) is 11.5 Å². The maximum absolute atomic E-state index is 13.2. The molecule has 0 fully saturated rings. The summed E-state index contributed by atoms with van der Waals surface area (Å²) in [5, 5.41) is 19.8. The first-order chi connectivity index (χ1) is 16.6. The van der Waals surface area contributed by atoms with Crippen LogP contribution in [0.25, 0.3) is 22.7 Å². The van der Waals surface area contributed by atoms with Gasteiger partial charge in [-0.05, 0) is 49.4 Å². The van der Waals surface area contributed by atoms with Crippen molar-refractivity contribution in [2.45, 2.75) is 6.92 Å². The Morgan fingerprint density at radius 2 is 1.82 bits per heavy atom. The molecule has 34 heavy (non-hydrogen) atoms. The van der Waals surface area contributed by atoms with E-state index in [0.717, 1.165) is 11.4 Å². The minimum atomic E-state index is -0.334. The number of benzene rings is 2. The molecule has 170 valence electrons. The van der Waals surface area contributed by atoms with E-state index < -0.39 is 0 Å². The molecule has 0 spiro atoms. The Hall–Kier alpha value is -4.60. The lowest BCUT2D eigenvalue weighted by molar-refractivity contribution is 0.0946. The fourth-order valence-electron chi connectivity index (χ4n) is 3.51. The molecule has 0 bridgehead atoms. The smallest absolute Gasteiger partial charge is 0.254 e. The maximum Gasteiger partial charge on any atom is 0.254 e. The molecule has 0 unspecified atom stereocenters. The molecule has 2 aromatic carbocycles. The van der Waals surface area contributed by atoms with E-state index in [1.165, 1.54) is 16.6 Å². The van der Waals surface area contributed by atoms with Crippen LogP contribution in [0, 0.1) is 12.7 Å². The summed E-state index contributed by atoms with van der Waals surface area (Å²) in [4.78, 5) is 12.6. The molecule has 9 nitrogen and oxygen atoms in total. The van der Waals surface area contributed by atoms with Gasteiger partial charge in [-0.3, -0.25) is 4.79 Å². The van der Waals surface area contributed by atoms with Gasteiger partial charge in [0.25, 0.3) is 5.91 Å². The number of carbonyl (C=O) groups excluding carboxylic acids is 1. The van der Waals surface area contributed by atoms with E-state index in [4.69, 9.17) is 4.74 Å². The molecular formula is C24H20FN7O2. The van der Waals surface area contributed by atoms with Crippen molar-refractivity contribution >= 4 is 11.6 Å². The topological polar surface area (TPSA) is 99.2 Å². The molecule has 3 heterocycles. The lowest BCUT2D eigenvalue weighted by Gasteiger charge is -2.08. The number of nitrogens with one attached hydrogen (secondary N) is 1. The number of carbonyl (C=O) groups is 1. The van der Waals surface area contributed by atoms with Crippen molar-refractivity contribution in [3.63, 3.8) is 0 Å². The van der Waals surface area contributed by atoms with Crippen LogP contribution in [-0.2, 0) is 0 Å². The number of rotatable bonds is 7. The lowest BCUT2D eigenvalue weighted by Crippen LogP contribution is -2.28. The Kier molecular flexibility index (Phi) is 5.69. The number of fused-ring (bicyclic) bond motifs is 1. The molecule has 0 radical (unpaired) electrons. The fraction of sp³-hybridized carbons (Fsp3) is 0.125. The van der Waals surface area contributed by atoms with Gasteiger partial charge in [0, 0.05) is 11.6 Å². The van der Waals surface area contributed by atoms with Crippen molar-refractivity contribution in [1.82, 2.24) is 34.9 Å². The Morgan fingerprint density at radius 1 is 1.03 bits per heavy atom. The van der Waals surface area contributed by atoms with Gasteiger partial charge in [0.05, 0.1) is 29.7 Å². The average Bonchev–Trinajstić information content (AvgIpc) is 3.46. The standard InChI is InChI=1S/C24H20FN7O2/c1-16-20(15-27-31(16)19-5-3-2-4-6-19)24(33)26-13-14-34-22-12-11-21-28-29-23(32(21)30-22)17-7-9-18(25)10-8-17/h2-12,15H,13-14H2,1H3,(H,26,33). The SMILES string of the molecule is Cc1c(C(=O)NCCOc2ccc3nnc(-c4ccc(F)cc4)n3n2)cnn1-c1ccccc1. The highest BCUT2D eigenvalue weighted by Crippen LogP contribution is 2.19. The third-order valence-electron chi connectivity index (χ3n) is 5.23. The van der Waals surface area contributed by atoms with E-state index in [0.29, 0.717) is 28.5 Å². The molecule has 1 N–H and O–H groups in total. The van der Waals surface area contributed by atoms with Crippen molar-refractivity contribution in [1.29, 1.82) is 0 Å². The molecule has 0 atom stereocenters. The van der Waals surface area contributed by atoms with Gasteiger partial charge in [0.1, 0.15) is 12.4 Å². The van der Waals surface area contributed by atoms with E-state index in [2.05, 4.69) is 25.7 Å². The van der Waals surface area contributed by atoms with Crippen molar-refractivity contribution in [2.24, 2.45) is 0 Å². The number of ether oxygens (including phenoxy) is 1. The molecule has 10 heteroatoms. The van der Waals surface area contributed by atoms with Crippen LogP contribution in [0.1, 0.15) is 16.1 Å². The zero-order valence-corrected chi connectivity index (χ0v) is 18.2. The largest absolute Gasteiger partial charge is 0.475 e. The van der Waals surface area contributed by atoms with Crippen LogP contribution >= 0.6 is 0 Å². The van der Waals surface area contributed by atoms with Gasteiger partial charge in [-0.1, -0.05) is 18.2 Å². The zero-order chi connectivity index (χ0) is 23.5. The highest BCUT2D eigenvalue weighted by Gasteiger charge is 2.15. The van der Waals surface area contributed by atoms with Gasteiger partial charge < -0.3 is 10.1 Å². The van der Waals surface area contributed by atoms with E-state index >= 15 is 0 Å². The first kappa shape index (κ1) is 21.3.